The van der Waals surface area contributed by atoms with E-state index >= 15 is 0 Å². The predicted octanol–water partition coefficient (Wildman–Crippen LogP) is 3.15. The van der Waals surface area contributed by atoms with Gasteiger partial charge in [0.15, 0.2) is 16.6 Å². The predicted molar refractivity (Wildman–Crippen MR) is 83.3 cm³/mol. The summed E-state index contributed by atoms with van der Waals surface area (Å²) in [6.07, 6.45) is 3.81. The molecule has 1 aromatic rings. The van der Waals surface area contributed by atoms with Crippen molar-refractivity contribution in [3.63, 3.8) is 0 Å². The highest BCUT2D eigenvalue weighted by molar-refractivity contribution is 7.17. The molecule has 116 valence electrons. The van der Waals surface area contributed by atoms with Crippen LogP contribution in [0.5, 0.6) is 0 Å². The molecular weight excluding hydrogens is 288 g/mol. The van der Waals surface area contributed by atoms with Crippen molar-refractivity contribution in [2.45, 2.75) is 40.0 Å². The van der Waals surface area contributed by atoms with E-state index in [0.29, 0.717) is 10.8 Å². The Labute approximate surface area is 129 Å². The zero-order valence-corrected chi connectivity index (χ0v) is 13.7. The van der Waals surface area contributed by atoms with Gasteiger partial charge in [-0.3, -0.25) is 4.79 Å². The molecule has 1 fully saturated rings. The summed E-state index contributed by atoms with van der Waals surface area (Å²) in [5.74, 6) is 0.0621. The molecule has 2 rings (SSSR count). The fraction of sp³-hybridized carbons (Fsp3) is 0.667. The molecule has 1 aliphatic carbocycles. The minimum Gasteiger partial charge on any atom is -0.461 e. The maximum absolute atomic E-state index is 11.9. The number of carbonyl (C=O) groups is 2. The Hall–Kier alpha value is -1.43. The van der Waals surface area contributed by atoms with Gasteiger partial charge >= 0.3 is 5.97 Å². The molecule has 0 aromatic carbocycles. The van der Waals surface area contributed by atoms with E-state index in [1.165, 1.54) is 37.5 Å². The molecule has 0 atom stereocenters. The fourth-order valence-electron chi connectivity index (χ4n) is 2.35. The van der Waals surface area contributed by atoms with Gasteiger partial charge in [0.2, 0.25) is 0 Å². The molecule has 0 saturated heterocycles. The smallest absolute Gasteiger partial charge is 0.358 e. The number of ether oxygens (including phenoxy) is 1. The van der Waals surface area contributed by atoms with E-state index in [4.69, 9.17) is 4.74 Å². The lowest BCUT2D eigenvalue weighted by Gasteiger charge is -2.31. The van der Waals surface area contributed by atoms with Crippen LogP contribution in [-0.4, -0.2) is 36.4 Å². The molecule has 1 heterocycles. The van der Waals surface area contributed by atoms with Gasteiger partial charge in [-0.25, -0.2) is 9.78 Å². The van der Waals surface area contributed by atoms with Crippen molar-refractivity contribution in [2.75, 3.05) is 24.6 Å². The van der Waals surface area contributed by atoms with Gasteiger partial charge in [0.25, 0.3) is 0 Å². The Kier molecular flexibility index (Phi) is 5.33. The first-order chi connectivity index (χ1) is 10.1. The lowest BCUT2D eigenvalue weighted by molar-refractivity contribution is 0.0517. The van der Waals surface area contributed by atoms with E-state index in [-0.39, 0.29) is 18.1 Å². The highest BCUT2D eigenvalue weighted by atomic mass is 32.1. The zero-order chi connectivity index (χ0) is 15.4. The number of hydrogen-bond acceptors (Lipinski definition) is 6. The second-order valence-electron chi connectivity index (χ2n) is 5.29. The number of rotatable bonds is 7. The van der Waals surface area contributed by atoms with Crippen LogP contribution in [0.3, 0.4) is 0 Å². The summed E-state index contributed by atoms with van der Waals surface area (Å²) in [7, 11) is 0. The maximum atomic E-state index is 11.9. The number of esters is 1. The number of anilines is 1. The van der Waals surface area contributed by atoms with E-state index in [2.05, 4.69) is 16.8 Å². The third-order valence-electron chi connectivity index (χ3n) is 3.76. The standard InChI is InChI=1S/C15H22N2O3S/c1-4-17(9-11-7-6-8-11)15-16-12(14(19)20-5-2)13(21-15)10(3)18/h11H,4-9H2,1-3H3. The van der Waals surface area contributed by atoms with Crippen LogP contribution < -0.4 is 4.90 Å². The third-order valence-corrected chi connectivity index (χ3v) is 4.98. The molecular formula is C15H22N2O3S. The number of ketones is 1. The summed E-state index contributed by atoms with van der Waals surface area (Å²) in [5.41, 5.74) is 0.163. The van der Waals surface area contributed by atoms with Crippen molar-refractivity contribution < 1.29 is 14.3 Å². The highest BCUT2D eigenvalue weighted by Gasteiger charge is 2.26. The molecule has 0 unspecified atom stereocenters. The Morgan fingerprint density at radius 3 is 2.57 bits per heavy atom. The van der Waals surface area contributed by atoms with Gasteiger partial charge < -0.3 is 9.64 Å². The van der Waals surface area contributed by atoms with E-state index in [9.17, 15) is 9.59 Å². The number of carbonyl (C=O) groups excluding carboxylic acids is 2. The zero-order valence-electron chi connectivity index (χ0n) is 12.8. The minimum atomic E-state index is -0.509. The summed E-state index contributed by atoms with van der Waals surface area (Å²) >= 11 is 1.30. The van der Waals surface area contributed by atoms with Gasteiger partial charge in [0.1, 0.15) is 4.88 Å². The summed E-state index contributed by atoms with van der Waals surface area (Å²) in [6, 6.07) is 0. The van der Waals surface area contributed by atoms with Crippen LogP contribution in [0, 0.1) is 5.92 Å². The molecule has 0 radical (unpaired) electrons. The number of Topliss-reactive ketones (excluding diaryl/α,β-unsaturated/α-hetero) is 1. The maximum Gasteiger partial charge on any atom is 0.358 e. The van der Waals surface area contributed by atoms with Crippen LogP contribution >= 0.6 is 11.3 Å². The van der Waals surface area contributed by atoms with Crippen molar-refractivity contribution in [1.82, 2.24) is 4.98 Å². The topological polar surface area (TPSA) is 59.5 Å². The van der Waals surface area contributed by atoms with Gasteiger partial charge in [0, 0.05) is 20.0 Å². The first-order valence-electron chi connectivity index (χ1n) is 7.50. The molecule has 5 nitrogen and oxygen atoms in total. The second kappa shape index (κ2) is 7.02. The van der Waals surface area contributed by atoms with Crippen molar-refractivity contribution in [2.24, 2.45) is 5.92 Å². The van der Waals surface area contributed by atoms with Crippen LogP contribution in [0.4, 0.5) is 5.13 Å². The van der Waals surface area contributed by atoms with Gasteiger partial charge in [-0.2, -0.15) is 0 Å². The molecule has 1 saturated carbocycles. The molecule has 0 spiro atoms. The average Bonchev–Trinajstić information content (AvgIpc) is 2.83. The number of aromatic nitrogens is 1. The van der Waals surface area contributed by atoms with E-state index < -0.39 is 5.97 Å². The molecule has 0 amide bonds. The Bertz CT molecular complexity index is 523. The lowest BCUT2D eigenvalue weighted by atomic mass is 9.85. The van der Waals surface area contributed by atoms with Crippen LogP contribution in [-0.2, 0) is 4.74 Å². The molecule has 0 N–H and O–H groups in total. The van der Waals surface area contributed by atoms with E-state index in [1.54, 1.807) is 6.92 Å². The van der Waals surface area contributed by atoms with Gasteiger partial charge in [0.05, 0.1) is 6.61 Å². The Balaban J connectivity index is 2.23. The molecule has 1 aliphatic rings. The molecule has 0 bridgehead atoms. The highest BCUT2D eigenvalue weighted by Crippen LogP contribution is 2.32. The van der Waals surface area contributed by atoms with Crippen molar-refractivity contribution in [3.8, 4) is 0 Å². The van der Waals surface area contributed by atoms with Crippen molar-refractivity contribution in [1.29, 1.82) is 0 Å². The largest absolute Gasteiger partial charge is 0.461 e. The monoisotopic (exact) mass is 310 g/mol. The van der Waals surface area contributed by atoms with E-state index in [0.717, 1.165) is 18.2 Å². The summed E-state index contributed by atoms with van der Waals surface area (Å²) in [4.78, 5) is 30.6. The normalized spacial score (nSPS) is 14.6. The number of nitrogens with zero attached hydrogens (tertiary/aromatic N) is 2. The van der Waals surface area contributed by atoms with Crippen LogP contribution in [0.25, 0.3) is 0 Å². The molecule has 21 heavy (non-hydrogen) atoms. The number of thiazole rings is 1. The van der Waals surface area contributed by atoms with Crippen LogP contribution in [0.15, 0.2) is 0 Å². The first kappa shape index (κ1) is 15.9. The van der Waals surface area contributed by atoms with Gasteiger partial charge in [-0.1, -0.05) is 17.8 Å². The van der Waals surface area contributed by atoms with Crippen molar-refractivity contribution >= 4 is 28.2 Å². The van der Waals surface area contributed by atoms with Gasteiger partial charge in [-0.05, 0) is 32.6 Å². The molecule has 6 heteroatoms. The van der Waals surface area contributed by atoms with Crippen LogP contribution in [0.1, 0.15) is 60.2 Å². The SMILES string of the molecule is CCOC(=O)c1nc(N(CC)CC2CCC2)sc1C(C)=O. The molecule has 1 aromatic heterocycles. The fourth-order valence-corrected chi connectivity index (χ4v) is 3.37. The lowest BCUT2D eigenvalue weighted by Crippen LogP contribution is -2.32. The number of hydrogen-bond donors (Lipinski definition) is 0. The van der Waals surface area contributed by atoms with E-state index in [1.807, 2.05) is 0 Å². The van der Waals surface area contributed by atoms with Crippen LogP contribution in [0.2, 0.25) is 0 Å². The summed E-state index contributed by atoms with van der Waals surface area (Å²) in [5, 5.41) is 0.748. The summed E-state index contributed by atoms with van der Waals surface area (Å²) in [6.45, 7) is 7.32. The average molecular weight is 310 g/mol. The Morgan fingerprint density at radius 1 is 1.38 bits per heavy atom. The first-order valence-corrected chi connectivity index (χ1v) is 8.32. The summed E-state index contributed by atoms with van der Waals surface area (Å²) < 4.78 is 4.99. The minimum absolute atomic E-state index is 0.137. The van der Waals surface area contributed by atoms with Gasteiger partial charge in [-0.15, -0.1) is 0 Å². The quantitative estimate of drug-likeness (QED) is 0.572. The second-order valence-corrected chi connectivity index (χ2v) is 6.26. The molecule has 0 aliphatic heterocycles. The third kappa shape index (κ3) is 3.61. The van der Waals surface area contributed by atoms with Crippen molar-refractivity contribution in [3.05, 3.63) is 10.6 Å². The Morgan fingerprint density at radius 2 is 2.10 bits per heavy atom.